The van der Waals surface area contributed by atoms with Gasteiger partial charge in [0.2, 0.25) is 0 Å². The Bertz CT molecular complexity index is 1150. The molecule has 0 radical (unpaired) electrons. The predicted molar refractivity (Wildman–Crippen MR) is 117 cm³/mol. The number of imidazole rings is 1. The van der Waals surface area contributed by atoms with Gasteiger partial charge in [0.25, 0.3) is 0 Å². The number of ether oxygens (including phenoxy) is 1. The van der Waals surface area contributed by atoms with Crippen LogP contribution in [0.5, 0.6) is 5.75 Å². The molecule has 2 aromatic carbocycles. The molecule has 0 amide bonds. The zero-order valence-electron chi connectivity index (χ0n) is 16.3. The lowest BCUT2D eigenvalue weighted by molar-refractivity contribution is 0.116. The molecule has 6 nitrogen and oxygen atoms in total. The molecule has 2 aromatic heterocycles. The molecule has 4 aromatic rings. The van der Waals surface area contributed by atoms with Crippen LogP contribution in [-0.2, 0) is 6.54 Å². The van der Waals surface area contributed by atoms with Gasteiger partial charge in [-0.25, -0.2) is 9.97 Å². The minimum Gasteiger partial charge on any atom is -0.497 e. The van der Waals surface area contributed by atoms with Crippen molar-refractivity contribution >= 4 is 37.7 Å². The summed E-state index contributed by atoms with van der Waals surface area (Å²) < 4.78 is 8.59. The Morgan fingerprint density at radius 2 is 2.07 bits per heavy atom. The number of thiazole rings is 1. The lowest BCUT2D eigenvalue weighted by Gasteiger charge is -2.27. The summed E-state index contributed by atoms with van der Waals surface area (Å²) in [5.74, 6) is 0.817. The minimum atomic E-state index is -0.278. The van der Waals surface area contributed by atoms with Gasteiger partial charge < -0.3 is 19.7 Å². The van der Waals surface area contributed by atoms with E-state index >= 15 is 0 Å². The molecule has 1 saturated carbocycles. The topological polar surface area (TPSA) is 72.2 Å². The third-order valence-electron chi connectivity index (χ3n) is 5.67. The highest BCUT2D eigenvalue weighted by Crippen LogP contribution is 2.30. The van der Waals surface area contributed by atoms with E-state index in [4.69, 9.17) is 9.72 Å². The van der Waals surface area contributed by atoms with Crippen molar-refractivity contribution in [1.29, 1.82) is 0 Å². The van der Waals surface area contributed by atoms with Crippen molar-refractivity contribution in [3.63, 3.8) is 0 Å². The van der Waals surface area contributed by atoms with Crippen LogP contribution in [0.2, 0.25) is 0 Å². The van der Waals surface area contributed by atoms with E-state index in [2.05, 4.69) is 33.1 Å². The molecule has 7 heteroatoms. The van der Waals surface area contributed by atoms with E-state index in [-0.39, 0.29) is 12.1 Å². The van der Waals surface area contributed by atoms with Crippen molar-refractivity contribution in [3.8, 4) is 5.75 Å². The van der Waals surface area contributed by atoms with Crippen LogP contribution in [0.4, 0.5) is 5.13 Å². The van der Waals surface area contributed by atoms with Gasteiger partial charge in [0.15, 0.2) is 5.13 Å². The molecule has 1 fully saturated rings. The highest BCUT2D eigenvalue weighted by atomic mass is 32.1. The third-order valence-corrected chi connectivity index (χ3v) is 6.62. The molecule has 0 saturated heterocycles. The first-order valence-electron chi connectivity index (χ1n) is 10.0. The maximum atomic E-state index is 10.2. The first-order chi connectivity index (χ1) is 14.2. The molecule has 5 rings (SSSR count). The Labute approximate surface area is 173 Å². The van der Waals surface area contributed by atoms with Crippen LogP contribution in [0.1, 0.15) is 31.2 Å². The molecule has 0 bridgehead atoms. The fraction of sp³-hybridized carbons (Fsp3) is 0.364. The number of nitrogens with zero attached hydrogens (tertiary/aromatic N) is 3. The molecule has 2 heterocycles. The summed E-state index contributed by atoms with van der Waals surface area (Å²) in [6.45, 7) is 0.751. The molecule has 2 atom stereocenters. The van der Waals surface area contributed by atoms with E-state index in [0.717, 1.165) is 64.4 Å². The monoisotopic (exact) mass is 408 g/mol. The zero-order chi connectivity index (χ0) is 19.8. The molecule has 1 aliphatic rings. The normalized spacial score (nSPS) is 19.7. The maximum Gasteiger partial charge on any atom is 0.184 e. The molecule has 0 aliphatic heterocycles. The lowest BCUT2D eigenvalue weighted by Crippen LogP contribution is -2.36. The summed E-state index contributed by atoms with van der Waals surface area (Å²) in [7, 11) is 1.67. The number of hydrogen-bond donors (Lipinski definition) is 2. The van der Waals surface area contributed by atoms with Crippen LogP contribution in [0.3, 0.4) is 0 Å². The third kappa shape index (κ3) is 3.68. The average molecular weight is 409 g/mol. The Morgan fingerprint density at radius 3 is 2.93 bits per heavy atom. The summed E-state index contributed by atoms with van der Waals surface area (Å²) in [6, 6.07) is 12.5. The number of anilines is 1. The van der Waals surface area contributed by atoms with E-state index in [1.165, 1.54) is 5.56 Å². The summed E-state index contributed by atoms with van der Waals surface area (Å²) in [6.07, 6.45) is 5.74. The first kappa shape index (κ1) is 18.4. The zero-order valence-corrected chi connectivity index (χ0v) is 17.2. The van der Waals surface area contributed by atoms with Gasteiger partial charge in [-0.05, 0) is 42.7 Å². The Kier molecular flexibility index (Phi) is 4.85. The average Bonchev–Trinajstić information content (AvgIpc) is 3.32. The Balaban J connectivity index is 1.37. The summed E-state index contributed by atoms with van der Waals surface area (Å²) in [5.41, 5.74) is 4.22. The SMILES string of the molecule is COc1ccc2c(c1)ncn2Cc1ccc2nc(NC3CCCC[C@H]3O)sc2c1. The first-order valence-corrected chi connectivity index (χ1v) is 10.8. The number of aliphatic hydroxyl groups excluding tert-OH is 1. The van der Waals surface area contributed by atoms with E-state index in [0.29, 0.717) is 0 Å². The van der Waals surface area contributed by atoms with Crippen LogP contribution in [0.25, 0.3) is 21.3 Å². The van der Waals surface area contributed by atoms with Crippen LogP contribution in [0.15, 0.2) is 42.7 Å². The standard InChI is InChI=1S/C22H24N4O2S/c1-28-15-7-9-19-18(11-15)23-13-26(19)12-14-6-8-17-21(10-14)29-22(25-17)24-16-4-2-3-5-20(16)27/h6-11,13,16,20,27H,2-5,12H2,1H3,(H,24,25)/t16?,20-/m1/s1. The minimum absolute atomic E-state index is 0.109. The number of aliphatic hydroxyl groups is 1. The van der Waals surface area contributed by atoms with E-state index < -0.39 is 0 Å². The van der Waals surface area contributed by atoms with Gasteiger partial charge in [-0.1, -0.05) is 30.2 Å². The van der Waals surface area contributed by atoms with Crippen molar-refractivity contribution in [2.45, 2.75) is 44.4 Å². The molecule has 150 valence electrons. The number of nitrogens with one attached hydrogen (secondary N) is 1. The van der Waals surface area contributed by atoms with Crippen molar-refractivity contribution in [3.05, 3.63) is 48.3 Å². The molecule has 1 unspecified atom stereocenters. The van der Waals surface area contributed by atoms with Gasteiger partial charge in [0.1, 0.15) is 5.75 Å². The highest BCUT2D eigenvalue weighted by molar-refractivity contribution is 7.22. The van der Waals surface area contributed by atoms with Crippen LogP contribution in [-0.4, -0.2) is 38.9 Å². The molecular formula is C22H24N4O2S. The second-order valence-corrected chi connectivity index (χ2v) is 8.68. The maximum absolute atomic E-state index is 10.2. The Hall–Kier alpha value is -2.64. The predicted octanol–water partition coefficient (Wildman–Crippen LogP) is 4.42. The number of rotatable bonds is 5. The fourth-order valence-corrected chi connectivity index (χ4v) is 5.05. The van der Waals surface area contributed by atoms with Gasteiger partial charge in [-0.3, -0.25) is 0 Å². The summed E-state index contributed by atoms with van der Waals surface area (Å²) in [4.78, 5) is 9.21. The van der Waals surface area contributed by atoms with Crippen LogP contribution >= 0.6 is 11.3 Å². The number of fused-ring (bicyclic) bond motifs is 2. The highest BCUT2D eigenvalue weighted by Gasteiger charge is 2.23. The largest absolute Gasteiger partial charge is 0.497 e. The van der Waals surface area contributed by atoms with Gasteiger partial charge in [0.05, 0.1) is 46.8 Å². The van der Waals surface area contributed by atoms with Crippen molar-refractivity contribution < 1.29 is 9.84 Å². The second-order valence-electron chi connectivity index (χ2n) is 7.65. The number of hydrogen-bond acceptors (Lipinski definition) is 6. The van der Waals surface area contributed by atoms with Crippen LogP contribution < -0.4 is 10.1 Å². The molecule has 29 heavy (non-hydrogen) atoms. The van der Waals surface area contributed by atoms with Crippen LogP contribution in [0, 0.1) is 0 Å². The van der Waals surface area contributed by atoms with Crippen molar-refractivity contribution in [1.82, 2.24) is 14.5 Å². The lowest BCUT2D eigenvalue weighted by atomic mass is 9.93. The molecule has 1 aliphatic carbocycles. The molecule has 0 spiro atoms. The van der Waals surface area contributed by atoms with E-state index in [1.807, 2.05) is 24.5 Å². The van der Waals surface area contributed by atoms with Gasteiger partial charge in [0, 0.05) is 12.6 Å². The smallest absolute Gasteiger partial charge is 0.184 e. The number of benzene rings is 2. The molecule has 2 N–H and O–H groups in total. The van der Waals surface area contributed by atoms with Gasteiger partial charge >= 0.3 is 0 Å². The Morgan fingerprint density at radius 1 is 1.17 bits per heavy atom. The number of methoxy groups -OCH3 is 1. The number of aromatic nitrogens is 3. The van der Waals surface area contributed by atoms with Gasteiger partial charge in [-0.15, -0.1) is 0 Å². The van der Waals surface area contributed by atoms with Crippen molar-refractivity contribution in [2.75, 3.05) is 12.4 Å². The molecular weight excluding hydrogens is 384 g/mol. The summed E-state index contributed by atoms with van der Waals surface area (Å²) in [5, 5.41) is 14.6. The second kappa shape index (κ2) is 7.65. The summed E-state index contributed by atoms with van der Waals surface area (Å²) >= 11 is 1.65. The van der Waals surface area contributed by atoms with Gasteiger partial charge in [-0.2, -0.15) is 0 Å². The van der Waals surface area contributed by atoms with Crippen molar-refractivity contribution in [2.24, 2.45) is 0 Å². The quantitative estimate of drug-likeness (QED) is 0.511. The fourth-order valence-electron chi connectivity index (χ4n) is 4.06. The van der Waals surface area contributed by atoms with E-state index in [9.17, 15) is 5.11 Å². The van der Waals surface area contributed by atoms with E-state index in [1.54, 1.807) is 18.4 Å².